The van der Waals surface area contributed by atoms with Crippen LogP contribution in [0.1, 0.15) is 23.3 Å². The number of hydrogen-bond acceptors (Lipinski definition) is 5. The maximum Gasteiger partial charge on any atom is 0.242 e. The third-order valence-corrected chi connectivity index (χ3v) is 6.96. The Labute approximate surface area is 116 Å². The van der Waals surface area contributed by atoms with Gasteiger partial charge in [-0.05, 0) is 42.2 Å². The van der Waals surface area contributed by atoms with E-state index in [0.717, 1.165) is 24.3 Å². The topological polar surface area (TPSA) is 66.4 Å². The van der Waals surface area contributed by atoms with E-state index in [0.29, 0.717) is 10.4 Å². The molecule has 4 nitrogen and oxygen atoms in total. The molecule has 0 amide bonds. The van der Waals surface area contributed by atoms with Gasteiger partial charge >= 0.3 is 0 Å². The predicted molar refractivity (Wildman–Crippen MR) is 75.6 cm³/mol. The smallest absolute Gasteiger partial charge is 0.242 e. The van der Waals surface area contributed by atoms with Crippen LogP contribution < -0.4 is 4.72 Å². The first-order valence-corrected chi connectivity index (χ1v) is 9.34. The highest BCUT2D eigenvalue weighted by atomic mass is 32.2. The molecule has 1 aromatic heterocycles. The van der Waals surface area contributed by atoms with Crippen LogP contribution in [0.4, 0.5) is 0 Å². The van der Waals surface area contributed by atoms with E-state index in [1.54, 1.807) is 12.3 Å². The van der Waals surface area contributed by atoms with E-state index in [2.05, 4.69) is 4.72 Å². The number of aryl methyl sites for hydroxylation is 1. The van der Waals surface area contributed by atoms with Crippen LogP contribution in [0.3, 0.4) is 0 Å². The summed E-state index contributed by atoms with van der Waals surface area (Å²) in [6.07, 6.45) is 1.75. The quantitative estimate of drug-likeness (QED) is 0.889. The van der Waals surface area contributed by atoms with Gasteiger partial charge in [0.05, 0.1) is 11.5 Å². The summed E-state index contributed by atoms with van der Waals surface area (Å²) >= 11 is 3.15. The molecule has 0 aromatic carbocycles. The lowest BCUT2D eigenvalue weighted by Crippen LogP contribution is -2.37. The molecule has 1 saturated heterocycles. The largest absolute Gasteiger partial charge is 0.391 e. The molecule has 0 atom stereocenters. The molecule has 2 heterocycles. The van der Waals surface area contributed by atoms with Gasteiger partial charge in [-0.1, -0.05) is 0 Å². The average Bonchev–Trinajstić information content (AvgIpc) is 2.72. The van der Waals surface area contributed by atoms with Gasteiger partial charge < -0.3 is 5.11 Å². The Kier molecular flexibility index (Phi) is 4.71. The molecular weight excluding hydrogens is 290 g/mol. The lowest BCUT2D eigenvalue weighted by atomic mass is 10.2. The first-order chi connectivity index (χ1) is 8.54. The molecule has 2 rings (SSSR count). The number of nitrogens with one attached hydrogen (secondary N) is 1. The van der Waals surface area contributed by atoms with Crippen LogP contribution in [0.15, 0.2) is 10.3 Å². The van der Waals surface area contributed by atoms with E-state index in [4.69, 9.17) is 0 Å². The Bertz CT molecular complexity index is 504. The first kappa shape index (κ1) is 14.3. The highest BCUT2D eigenvalue weighted by molar-refractivity contribution is 7.99. The third-order valence-electron chi connectivity index (χ3n) is 2.94. The Balaban J connectivity index is 2.21. The minimum atomic E-state index is -3.50. The standard InChI is InChI=1S/C11H17NO3S3/c1-8-7-17-10(6-13)11(8)18(14,15)12-9-2-4-16-5-3-9/h7,9,12-13H,2-6H2,1H3. The number of aliphatic hydroxyl groups excluding tert-OH is 1. The number of thiophene rings is 1. The van der Waals surface area contributed by atoms with Gasteiger partial charge in [-0.25, -0.2) is 13.1 Å². The number of hydrogen-bond donors (Lipinski definition) is 2. The van der Waals surface area contributed by atoms with Gasteiger partial charge in [0.2, 0.25) is 10.0 Å². The van der Waals surface area contributed by atoms with Gasteiger partial charge in [-0.3, -0.25) is 0 Å². The van der Waals surface area contributed by atoms with E-state index < -0.39 is 10.0 Å². The van der Waals surface area contributed by atoms with Crippen LogP contribution >= 0.6 is 23.1 Å². The van der Waals surface area contributed by atoms with Crippen molar-refractivity contribution < 1.29 is 13.5 Å². The van der Waals surface area contributed by atoms with Crippen LogP contribution in [0, 0.1) is 6.92 Å². The fourth-order valence-corrected chi connectivity index (χ4v) is 6.12. The van der Waals surface area contributed by atoms with Crippen LogP contribution in [-0.2, 0) is 16.6 Å². The SMILES string of the molecule is Cc1csc(CO)c1S(=O)(=O)NC1CCSCC1. The zero-order valence-corrected chi connectivity index (χ0v) is 12.6. The van der Waals surface area contributed by atoms with Crippen LogP contribution in [0.25, 0.3) is 0 Å². The van der Waals surface area contributed by atoms with Crippen LogP contribution in [0.5, 0.6) is 0 Å². The van der Waals surface area contributed by atoms with E-state index in [9.17, 15) is 13.5 Å². The minimum Gasteiger partial charge on any atom is -0.391 e. The summed E-state index contributed by atoms with van der Waals surface area (Å²) in [6, 6.07) is 0.0297. The van der Waals surface area contributed by atoms with Gasteiger partial charge in [0, 0.05) is 6.04 Å². The maximum atomic E-state index is 12.3. The van der Waals surface area contributed by atoms with Crippen LogP contribution in [-0.4, -0.2) is 31.1 Å². The molecule has 7 heteroatoms. The van der Waals surface area contributed by atoms with Gasteiger partial charge in [0.1, 0.15) is 4.90 Å². The second-order valence-electron chi connectivity index (χ2n) is 4.34. The van der Waals surface area contributed by atoms with Crippen molar-refractivity contribution in [2.24, 2.45) is 0 Å². The van der Waals surface area contributed by atoms with E-state index in [-0.39, 0.29) is 17.5 Å². The molecule has 1 fully saturated rings. The average molecular weight is 307 g/mol. The monoisotopic (exact) mass is 307 g/mol. The second-order valence-corrected chi connectivity index (χ2v) is 8.18. The maximum absolute atomic E-state index is 12.3. The summed E-state index contributed by atoms with van der Waals surface area (Å²) in [5.74, 6) is 2.01. The van der Waals surface area contributed by atoms with E-state index in [1.807, 2.05) is 11.8 Å². The van der Waals surface area contributed by atoms with E-state index >= 15 is 0 Å². The molecule has 0 unspecified atom stereocenters. The zero-order valence-electron chi connectivity index (χ0n) is 10.2. The Morgan fingerprint density at radius 2 is 2.11 bits per heavy atom. The minimum absolute atomic E-state index is 0.0297. The molecule has 0 spiro atoms. The van der Waals surface area contributed by atoms with Crippen molar-refractivity contribution in [3.8, 4) is 0 Å². The van der Waals surface area contributed by atoms with Crippen molar-refractivity contribution >= 4 is 33.1 Å². The normalized spacial score (nSPS) is 18.1. The van der Waals surface area contributed by atoms with Crippen molar-refractivity contribution in [3.05, 3.63) is 15.8 Å². The summed E-state index contributed by atoms with van der Waals surface area (Å²) in [6.45, 7) is 1.54. The number of aliphatic hydroxyl groups is 1. The molecule has 0 aliphatic carbocycles. The highest BCUT2D eigenvalue weighted by Crippen LogP contribution is 2.28. The molecule has 1 aliphatic heterocycles. The van der Waals surface area contributed by atoms with Gasteiger partial charge in [-0.15, -0.1) is 11.3 Å². The zero-order chi connectivity index (χ0) is 13.2. The van der Waals surface area contributed by atoms with Crippen molar-refractivity contribution in [3.63, 3.8) is 0 Å². The summed E-state index contributed by atoms with van der Waals surface area (Å²) in [5.41, 5.74) is 0.710. The first-order valence-electron chi connectivity index (χ1n) is 5.82. The molecule has 0 radical (unpaired) electrons. The van der Waals surface area contributed by atoms with Crippen LogP contribution in [0.2, 0.25) is 0 Å². The number of sulfonamides is 1. The Morgan fingerprint density at radius 1 is 1.44 bits per heavy atom. The fraction of sp³-hybridized carbons (Fsp3) is 0.636. The van der Waals surface area contributed by atoms with E-state index in [1.165, 1.54) is 11.3 Å². The molecule has 0 saturated carbocycles. The lowest BCUT2D eigenvalue weighted by Gasteiger charge is -2.22. The summed E-state index contributed by atoms with van der Waals surface area (Å²) in [7, 11) is -3.50. The fourth-order valence-electron chi connectivity index (χ4n) is 2.05. The molecule has 102 valence electrons. The van der Waals surface area contributed by atoms with Crippen molar-refractivity contribution in [1.29, 1.82) is 0 Å². The molecule has 18 heavy (non-hydrogen) atoms. The molecule has 1 aliphatic rings. The summed E-state index contributed by atoms with van der Waals surface area (Å²) in [5, 5.41) is 11.0. The summed E-state index contributed by atoms with van der Waals surface area (Å²) < 4.78 is 27.4. The second kappa shape index (κ2) is 5.92. The molecule has 0 bridgehead atoms. The third kappa shape index (κ3) is 3.08. The van der Waals surface area contributed by atoms with Gasteiger partial charge in [-0.2, -0.15) is 11.8 Å². The van der Waals surface area contributed by atoms with Gasteiger partial charge in [0.25, 0.3) is 0 Å². The van der Waals surface area contributed by atoms with Crippen molar-refractivity contribution in [2.45, 2.75) is 37.3 Å². The molecule has 2 N–H and O–H groups in total. The van der Waals surface area contributed by atoms with Gasteiger partial charge in [0.15, 0.2) is 0 Å². The highest BCUT2D eigenvalue weighted by Gasteiger charge is 2.26. The molecular formula is C11H17NO3S3. The molecule has 1 aromatic rings. The predicted octanol–water partition coefficient (Wildman–Crippen LogP) is 1.72. The van der Waals surface area contributed by atoms with Crippen molar-refractivity contribution in [1.82, 2.24) is 4.72 Å². The van der Waals surface area contributed by atoms with Crippen molar-refractivity contribution in [2.75, 3.05) is 11.5 Å². The summed E-state index contributed by atoms with van der Waals surface area (Å²) in [4.78, 5) is 0.790. The lowest BCUT2D eigenvalue weighted by molar-refractivity contribution is 0.282. The number of rotatable bonds is 4. The Morgan fingerprint density at radius 3 is 2.72 bits per heavy atom. The Hall–Kier alpha value is -0.0800. The number of thioether (sulfide) groups is 1.